The van der Waals surface area contributed by atoms with Crippen molar-refractivity contribution >= 4 is 0 Å². The molecule has 0 fully saturated rings. The lowest BCUT2D eigenvalue weighted by atomic mass is 9.92. The molecule has 1 aliphatic carbocycles. The number of hydrogen-bond donors (Lipinski definition) is 1. The molecule has 2 rings (SSSR count). The fourth-order valence-electron chi connectivity index (χ4n) is 2.88. The number of hydrogen-bond acceptors (Lipinski definition) is 2. The number of nitrogens with one attached hydrogen (secondary N) is 1. The lowest BCUT2D eigenvalue weighted by Crippen LogP contribution is -2.31. The third-order valence-electron chi connectivity index (χ3n) is 3.88. The summed E-state index contributed by atoms with van der Waals surface area (Å²) in [7, 11) is 0. The van der Waals surface area contributed by atoms with E-state index >= 15 is 0 Å². The van der Waals surface area contributed by atoms with Gasteiger partial charge in [-0.3, -0.25) is 4.68 Å². The molecular formula is C16H27N3. The van der Waals surface area contributed by atoms with Crippen LogP contribution in [0.3, 0.4) is 0 Å². The smallest absolute Gasteiger partial charge is 0.0522 e. The Labute approximate surface area is 117 Å². The van der Waals surface area contributed by atoms with Gasteiger partial charge in [-0.2, -0.15) is 5.10 Å². The van der Waals surface area contributed by atoms with Crippen LogP contribution in [0.5, 0.6) is 0 Å². The second-order valence-corrected chi connectivity index (χ2v) is 5.48. The maximum Gasteiger partial charge on any atom is 0.0522 e. The van der Waals surface area contributed by atoms with E-state index < -0.39 is 0 Å². The Balaban J connectivity index is 1.93. The van der Waals surface area contributed by atoms with E-state index in [4.69, 9.17) is 0 Å². The fraction of sp³-hybridized carbons (Fsp3) is 0.688. The van der Waals surface area contributed by atoms with Gasteiger partial charge in [0.1, 0.15) is 0 Å². The van der Waals surface area contributed by atoms with E-state index in [1.807, 2.05) is 10.9 Å². The van der Waals surface area contributed by atoms with Crippen LogP contribution in [0.4, 0.5) is 0 Å². The average Bonchev–Trinajstić information content (AvgIpc) is 2.88. The predicted molar refractivity (Wildman–Crippen MR) is 80.2 cm³/mol. The van der Waals surface area contributed by atoms with E-state index in [1.165, 1.54) is 37.7 Å². The van der Waals surface area contributed by atoms with Gasteiger partial charge < -0.3 is 5.32 Å². The molecule has 0 saturated heterocycles. The molecule has 1 atom stereocenters. The van der Waals surface area contributed by atoms with Gasteiger partial charge in [-0.15, -0.1) is 0 Å². The van der Waals surface area contributed by atoms with Crippen LogP contribution in [0.2, 0.25) is 0 Å². The minimum Gasteiger partial charge on any atom is -0.314 e. The Bertz CT molecular complexity index is 406. The van der Waals surface area contributed by atoms with Crippen molar-refractivity contribution in [3.05, 3.63) is 29.6 Å². The molecule has 1 aromatic heterocycles. The summed E-state index contributed by atoms with van der Waals surface area (Å²) in [5.74, 6) is 0. The zero-order valence-corrected chi connectivity index (χ0v) is 12.4. The maximum atomic E-state index is 4.37. The number of rotatable bonds is 7. The molecule has 0 bridgehead atoms. The SMILES string of the molecule is CCNC(CC1=CCCCC1)Cc1cnn(CC)c1. The van der Waals surface area contributed by atoms with Gasteiger partial charge in [0.05, 0.1) is 6.20 Å². The first-order valence-corrected chi connectivity index (χ1v) is 7.74. The summed E-state index contributed by atoms with van der Waals surface area (Å²) >= 11 is 0. The van der Waals surface area contributed by atoms with E-state index in [2.05, 4.69) is 36.5 Å². The third-order valence-corrected chi connectivity index (χ3v) is 3.88. The molecule has 3 nitrogen and oxygen atoms in total. The molecular weight excluding hydrogens is 234 g/mol. The van der Waals surface area contributed by atoms with Gasteiger partial charge in [-0.25, -0.2) is 0 Å². The molecule has 0 spiro atoms. The molecule has 0 saturated carbocycles. The summed E-state index contributed by atoms with van der Waals surface area (Å²) in [5, 5.41) is 8.00. The Morgan fingerprint density at radius 3 is 2.84 bits per heavy atom. The van der Waals surface area contributed by atoms with Crippen molar-refractivity contribution in [2.45, 2.75) is 65.0 Å². The van der Waals surface area contributed by atoms with Crippen LogP contribution in [0.1, 0.15) is 51.5 Å². The first-order chi connectivity index (χ1) is 9.31. The standard InChI is InChI=1S/C16H27N3/c1-3-17-16(10-14-8-6-5-7-9-14)11-15-12-18-19(4-2)13-15/h8,12-13,16-17H,3-7,9-11H2,1-2H3. The Hall–Kier alpha value is -1.09. The zero-order chi connectivity index (χ0) is 13.5. The first-order valence-electron chi connectivity index (χ1n) is 7.74. The van der Waals surface area contributed by atoms with Crippen LogP contribution in [0.15, 0.2) is 24.0 Å². The number of likely N-dealkylation sites (N-methyl/N-ethyl adjacent to an activating group) is 1. The van der Waals surface area contributed by atoms with E-state index in [1.54, 1.807) is 5.57 Å². The Kier molecular flexibility index (Phi) is 5.64. The summed E-state index contributed by atoms with van der Waals surface area (Å²) < 4.78 is 2.01. The topological polar surface area (TPSA) is 29.9 Å². The predicted octanol–water partition coefficient (Wildman–Crippen LogP) is 3.31. The van der Waals surface area contributed by atoms with Gasteiger partial charge in [0, 0.05) is 18.8 Å². The molecule has 0 aromatic carbocycles. The summed E-state index contributed by atoms with van der Waals surface area (Å²) in [5.41, 5.74) is 3.00. The van der Waals surface area contributed by atoms with Crippen molar-refractivity contribution < 1.29 is 0 Å². The molecule has 3 heteroatoms. The highest BCUT2D eigenvalue weighted by atomic mass is 15.3. The van der Waals surface area contributed by atoms with Crippen molar-refractivity contribution in [1.29, 1.82) is 0 Å². The summed E-state index contributed by atoms with van der Waals surface area (Å²) in [6.07, 6.45) is 14.3. The third kappa shape index (κ3) is 4.50. The van der Waals surface area contributed by atoms with Crippen molar-refractivity contribution in [3.8, 4) is 0 Å². The summed E-state index contributed by atoms with van der Waals surface area (Å²) in [6, 6.07) is 0.559. The van der Waals surface area contributed by atoms with Crippen molar-refractivity contribution in [3.63, 3.8) is 0 Å². The molecule has 19 heavy (non-hydrogen) atoms. The van der Waals surface area contributed by atoms with Crippen molar-refractivity contribution in [2.75, 3.05) is 6.54 Å². The maximum absolute atomic E-state index is 4.37. The quantitative estimate of drug-likeness (QED) is 0.763. The van der Waals surface area contributed by atoms with E-state index in [-0.39, 0.29) is 0 Å². The Morgan fingerprint density at radius 2 is 2.21 bits per heavy atom. The van der Waals surface area contributed by atoms with Crippen LogP contribution in [-0.4, -0.2) is 22.4 Å². The van der Waals surface area contributed by atoms with Gasteiger partial charge in [-0.1, -0.05) is 18.6 Å². The molecule has 1 unspecified atom stereocenters. The second kappa shape index (κ2) is 7.49. The van der Waals surface area contributed by atoms with Crippen LogP contribution < -0.4 is 5.32 Å². The number of aromatic nitrogens is 2. The number of allylic oxidation sites excluding steroid dienone is 1. The fourth-order valence-corrected chi connectivity index (χ4v) is 2.88. The van der Waals surface area contributed by atoms with Crippen LogP contribution in [-0.2, 0) is 13.0 Å². The molecule has 1 N–H and O–H groups in total. The van der Waals surface area contributed by atoms with Crippen molar-refractivity contribution in [2.24, 2.45) is 0 Å². The average molecular weight is 261 g/mol. The number of aryl methyl sites for hydroxylation is 1. The second-order valence-electron chi connectivity index (χ2n) is 5.48. The lowest BCUT2D eigenvalue weighted by molar-refractivity contribution is 0.504. The van der Waals surface area contributed by atoms with Gasteiger partial charge in [0.2, 0.25) is 0 Å². The molecule has 1 aromatic rings. The lowest BCUT2D eigenvalue weighted by Gasteiger charge is -2.21. The van der Waals surface area contributed by atoms with E-state index in [0.717, 1.165) is 19.5 Å². The summed E-state index contributed by atoms with van der Waals surface area (Å²) in [6.45, 7) is 6.32. The first kappa shape index (κ1) is 14.3. The molecule has 1 aliphatic rings. The monoisotopic (exact) mass is 261 g/mol. The molecule has 106 valence electrons. The Morgan fingerprint density at radius 1 is 1.32 bits per heavy atom. The highest BCUT2D eigenvalue weighted by Gasteiger charge is 2.13. The molecule has 0 radical (unpaired) electrons. The minimum atomic E-state index is 0.559. The van der Waals surface area contributed by atoms with Crippen LogP contribution in [0, 0.1) is 0 Å². The molecule has 0 amide bonds. The van der Waals surface area contributed by atoms with Crippen molar-refractivity contribution in [1.82, 2.24) is 15.1 Å². The number of nitrogens with zero attached hydrogens (tertiary/aromatic N) is 2. The van der Waals surface area contributed by atoms with Crippen LogP contribution in [0.25, 0.3) is 0 Å². The normalized spacial score (nSPS) is 17.3. The minimum absolute atomic E-state index is 0.559. The van der Waals surface area contributed by atoms with Gasteiger partial charge in [0.15, 0.2) is 0 Å². The zero-order valence-electron chi connectivity index (χ0n) is 12.4. The van der Waals surface area contributed by atoms with Gasteiger partial charge >= 0.3 is 0 Å². The largest absolute Gasteiger partial charge is 0.314 e. The highest BCUT2D eigenvalue weighted by molar-refractivity contribution is 5.11. The molecule has 0 aliphatic heterocycles. The van der Waals surface area contributed by atoms with E-state index in [9.17, 15) is 0 Å². The van der Waals surface area contributed by atoms with Crippen LogP contribution >= 0.6 is 0 Å². The van der Waals surface area contributed by atoms with Gasteiger partial charge in [-0.05, 0) is 57.6 Å². The molecule has 1 heterocycles. The van der Waals surface area contributed by atoms with Gasteiger partial charge in [0.25, 0.3) is 0 Å². The highest BCUT2D eigenvalue weighted by Crippen LogP contribution is 2.22. The van der Waals surface area contributed by atoms with E-state index in [0.29, 0.717) is 6.04 Å². The summed E-state index contributed by atoms with van der Waals surface area (Å²) in [4.78, 5) is 0.